The number of hydrogen-bond donors (Lipinski definition) is 3. The topological polar surface area (TPSA) is 95.1 Å². The normalized spacial score (nSPS) is 10.6. The van der Waals surface area contributed by atoms with Gasteiger partial charge in [0.2, 0.25) is 0 Å². The number of aromatic carboxylic acids is 1. The van der Waals surface area contributed by atoms with Crippen molar-refractivity contribution in [2.24, 2.45) is 0 Å². The Balaban J connectivity index is 2.32. The van der Waals surface area contributed by atoms with Gasteiger partial charge < -0.3 is 10.1 Å². The van der Waals surface area contributed by atoms with Crippen molar-refractivity contribution in [1.82, 2.24) is 9.97 Å². The van der Waals surface area contributed by atoms with Crippen LogP contribution >= 0.6 is 11.3 Å². The summed E-state index contributed by atoms with van der Waals surface area (Å²) in [6.45, 7) is 7.09. The molecule has 0 spiro atoms. The average molecular weight is 293 g/mol. The molecule has 3 N–H and O–H groups in total. The van der Waals surface area contributed by atoms with Crippen molar-refractivity contribution in [2.45, 2.75) is 27.7 Å². The fourth-order valence-corrected chi connectivity index (χ4v) is 2.80. The Morgan fingerprint density at radius 1 is 1.25 bits per heavy atom. The summed E-state index contributed by atoms with van der Waals surface area (Å²) in [5.74, 6) is -1.43. The Morgan fingerprint density at radius 3 is 2.35 bits per heavy atom. The van der Waals surface area contributed by atoms with Crippen LogP contribution in [-0.4, -0.2) is 27.0 Å². The van der Waals surface area contributed by atoms with E-state index < -0.39 is 5.97 Å². The fraction of sp³-hybridized carbons (Fsp3) is 0.308. The lowest BCUT2D eigenvalue weighted by atomic mass is 10.1. The number of thiazole rings is 1. The number of carbonyl (C=O) groups is 2. The summed E-state index contributed by atoms with van der Waals surface area (Å²) in [4.78, 5) is 31.3. The summed E-state index contributed by atoms with van der Waals surface area (Å²) in [7, 11) is 0. The van der Waals surface area contributed by atoms with Crippen molar-refractivity contribution < 1.29 is 14.7 Å². The Labute approximate surface area is 119 Å². The molecule has 2 heterocycles. The molecule has 0 radical (unpaired) electrons. The summed E-state index contributed by atoms with van der Waals surface area (Å²) in [5, 5.41) is 12.3. The van der Waals surface area contributed by atoms with E-state index in [1.54, 1.807) is 13.8 Å². The Morgan fingerprint density at radius 2 is 1.90 bits per heavy atom. The maximum Gasteiger partial charge on any atom is 0.352 e. The van der Waals surface area contributed by atoms with Crippen LogP contribution in [0.4, 0.5) is 5.13 Å². The Bertz CT molecular complexity index is 681. The first-order valence-corrected chi connectivity index (χ1v) is 6.80. The van der Waals surface area contributed by atoms with Gasteiger partial charge in [-0.15, -0.1) is 11.3 Å². The maximum absolute atomic E-state index is 12.3. The molecule has 2 rings (SSSR count). The van der Waals surface area contributed by atoms with Crippen LogP contribution in [-0.2, 0) is 0 Å². The van der Waals surface area contributed by atoms with Gasteiger partial charge in [0.25, 0.3) is 5.91 Å². The average Bonchev–Trinajstić information content (AvgIpc) is 2.80. The monoisotopic (exact) mass is 293 g/mol. The van der Waals surface area contributed by atoms with E-state index in [1.807, 2.05) is 13.8 Å². The second-order valence-corrected chi connectivity index (χ2v) is 5.75. The fourth-order valence-electron chi connectivity index (χ4n) is 1.99. The molecule has 0 unspecified atom stereocenters. The number of aryl methyl sites for hydroxylation is 3. The van der Waals surface area contributed by atoms with Crippen molar-refractivity contribution in [2.75, 3.05) is 5.32 Å². The number of carbonyl (C=O) groups excluding carboxylic acids is 1. The molecule has 20 heavy (non-hydrogen) atoms. The summed E-state index contributed by atoms with van der Waals surface area (Å²) < 4.78 is 0. The third-order valence-corrected chi connectivity index (χ3v) is 4.12. The molecule has 0 aromatic carbocycles. The Hall–Kier alpha value is -2.15. The lowest BCUT2D eigenvalue weighted by Gasteiger charge is -2.02. The molecule has 0 atom stereocenters. The molecule has 106 valence electrons. The first-order chi connectivity index (χ1) is 9.31. The first-order valence-electron chi connectivity index (χ1n) is 5.99. The van der Waals surface area contributed by atoms with Gasteiger partial charge in [0.15, 0.2) is 5.13 Å². The van der Waals surface area contributed by atoms with Gasteiger partial charge in [0, 0.05) is 10.6 Å². The van der Waals surface area contributed by atoms with E-state index in [0.29, 0.717) is 22.0 Å². The molecule has 0 aliphatic carbocycles. The molecule has 0 aliphatic heterocycles. The van der Waals surface area contributed by atoms with E-state index in [1.165, 1.54) is 11.3 Å². The van der Waals surface area contributed by atoms with Crippen molar-refractivity contribution in [3.63, 3.8) is 0 Å². The molecule has 2 aromatic rings. The van der Waals surface area contributed by atoms with Gasteiger partial charge in [-0.05, 0) is 33.3 Å². The van der Waals surface area contributed by atoms with Gasteiger partial charge in [0.1, 0.15) is 5.69 Å². The van der Waals surface area contributed by atoms with Crippen LogP contribution in [0.2, 0.25) is 0 Å². The van der Waals surface area contributed by atoms with Gasteiger partial charge in [-0.2, -0.15) is 0 Å². The highest BCUT2D eigenvalue weighted by molar-refractivity contribution is 7.15. The van der Waals surface area contributed by atoms with Gasteiger partial charge >= 0.3 is 5.97 Å². The van der Waals surface area contributed by atoms with Gasteiger partial charge in [0.05, 0.1) is 11.3 Å². The largest absolute Gasteiger partial charge is 0.477 e. The van der Waals surface area contributed by atoms with Crippen LogP contribution in [0.1, 0.15) is 42.7 Å². The second-order valence-electron chi connectivity index (χ2n) is 4.54. The summed E-state index contributed by atoms with van der Waals surface area (Å²) in [6, 6.07) is 0. The van der Waals surface area contributed by atoms with Gasteiger partial charge in [-0.1, -0.05) is 0 Å². The lowest BCUT2D eigenvalue weighted by Crippen LogP contribution is -2.13. The van der Waals surface area contributed by atoms with Crippen molar-refractivity contribution in [1.29, 1.82) is 0 Å². The summed E-state index contributed by atoms with van der Waals surface area (Å²) in [5.41, 5.74) is 2.23. The number of carboxylic acids is 1. The predicted octanol–water partition coefficient (Wildman–Crippen LogP) is 2.66. The molecule has 0 fully saturated rings. The summed E-state index contributed by atoms with van der Waals surface area (Å²) in [6.07, 6.45) is 0. The molecule has 0 aliphatic rings. The maximum atomic E-state index is 12.3. The molecular formula is C13H15N3O3S. The molecule has 1 amide bonds. The molecule has 0 bridgehead atoms. The zero-order chi connectivity index (χ0) is 15.0. The van der Waals surface area contributed by atoms with E-state index in [4.69, 9.17) is 5.11 Å². The SMILES string of the molecule is Cc1nc(NC(=O)c2c(C)[nH]c(C(=O)O)c2C)sc1C. The highest BCUT2D eigenvalue weighted by Gasteiger charge is 2.22. The van der Waals surface area contributed by atoms with E-state index in [2.05, 4.69) is 15.3 Å². The van der Waals surface area contributed by atoms with E-state index in [-0.39, 0.29) is 11.6 Å². The highest BCUT2D eigenvalue weighted by atomic mass is 32.1. The predicted molar refractivity (Wildman–Crippen MR) is 76.8 cm³/mol. The number of H-pyrrole nitrogens is 1. The number of rotatable bonds is 3. The van der Waals surface area contributed by atoms with Crippen LogP contribution in [0, 0.1) is 27.7 Å². The number of nitrogens with one attached hydrogen (secondary N) is 2. The van der Waals surface area contributed by atoms with Crippen LogP contribution in [0.25, 0.3) is 0 Å². The van der Waals surface area contributed by atoms with E-state index in [9.17, 15) is 9.59 Å². The lowest BCUT2D eigenvalue weighted by molar-refractivity contribution is 0.0690. The molecule has 2 aromatic heterocycles. The van der Waals surface area contributed by atoms with Gasteiger partial charge in [-0.25, -0.2) is 9.78 Å². The minimum absolute atomic E-state index is 0.0409. The van der Waals surface area contributed by atoms with Crippen LogP contribution in [0.15, 0.2) is 0 Å². The third-order valence-electron chi connectivity index (χ3n) is 3.13. The quantitative estimate of drug-likeness (QED) is 0.810. The van der Waals surface area contributed by atoms with Crippen LogP contribution in [0.3, 0.4) is 0 Å². The third kappa shape index (κ3) is 2.44. The smallest absolute Gasteiger partial charge is 0.352 e. The first kappa shape index (κ1) is 14.3. The molecule has 0 saturated carbocycles. The standard InChI is InChI=1S/C13H15N3O3S/c1-5-9(7(3)14-10(5)12(18)19)11(17)16-13-15-6(2)8(4)20-13/h14H,1-4H3,(H,18,19)(H,15,16,17). The summed E-state index contributed by atoms with van der Waals surface area (Å²) >= 11 is 1.39. The number of carboxylic acid groups (broad SMARTS) is 1. The highest BCUT2D eigenvalue weighted by Crippen LogP contribution is 2.24. The van der Waals surface area contributed by atoms with Crippen molar-refractivity contribution >= 4 is 28.3 Å². The number of anilines is 1. The van der Waals surface area contributed by atoms with Crippen LogP contribution in [0.5, 0.6) is 0 Å². The zero-order valence-corrected chi connectivity index (χ0v) is 12.4. The number of amides is 1. The Kier molecular flexibility index (Phi) is 3.63. The molecule has 0 saturated heterocycles. The number of aromatic nitrogens is 2. The van der Waals surface area contributed by atoms with E-state index in [0.717, 1.165) is 10.6 Å². The zero-order valence-electron chi connectivity index (χ0n) is 11.6. The number of nitrogens with zero attached hydrogens (tertiary/aromatic N) is 1. The minimum atomic E-state index is -1.08. The number of aromatic amines is 1. The van der Waals surface area contributed by atoms with Crippen molar-refractivity contribution in [3.05, 3.63) is 33.1 Å². The molecular weight excluding hydrogens is 278 g/mol. The molecule has 7 heteroatoms. The molecule has 6 nitrogen and oxygen atoms in total. The van der Waals surface area contributed by atoms with Crippen LogP contribution < -0.4 is 5.32 Å². The second kappa shape index (κ2) is 5.09. The van der Waals surface area contributed by atoms with Gasteiger partial charge in [-0.3, -0.25) is 10.1 Å². The van der Waals surface area contributed by atoms with Crippen molar-refractivity contribution in [3.8, 4) is 0 Å². The minimum Gasteiger partial charge on any atom is -0.477 e. The number of hydrogen-bond acceptors (Lipinski definition) is 4. The van der Waals surface area contributed by atoms with E-state index >= 15 is 0 Å².